The number of rotatable bonds is 5. The Morgan fingerprint density at radius 1 is 1.37 bits per heavy atom. The first-order valence-electron chi connectivity index (χ1n) is 9.38. The van der Waals surface area contributed by atoms with Gasteiger partial charge in [-0.05, 0) is 12.1 Å². The van der Waals surface area contributed by atoms with Gasteiger partial charge in [0.1, 0.15) is 6.04 Å². The van der Waals surface area contributed by atoms with E-state index >= 15 is 0 Å². The summed E-state index contributed by atoms with van der Waals surface area (Å²) in [5, 5.41) is 6.88. The number of nitrogens with one attached hydrogen (secondary N) is 1. The standard InChI is InChI=1S/C20H20Cl2N4O3S/c1-28-20(27)16-15(11-26-5-7-29-8-6-26)24-18(19-23-4-9-30-19)25-17(16)13-3-2-12(21)10-14(13)22/h2-4,9-10,17H,5-8,11H2,1H3,(H,24,25)/t17-/m1/s1. The second kappa shape index (κ2) is 9.45. The van der Waals surface area contributed by atoms with Crippen LogP contribution >= 0.6 is 34.5 Å². The number of benzene rings is 1. The molecule has 1 fully saturated rings. The maximum Gasteiger partial charge on any atom is 0.338 e. The van der Waals surface area contributed by atoms with Crippen molar-refractivity contribution in [2.75, 3.05) is 40.0 Å². The van der Waals surface area contributed by atoms with Gasteiger partial charge in [0.25, 0.3) is 0 Å². The van der Waals surface area contributed by atoms with Crippen molar-refractivity contribution < 1.29 is 14.3 Å². The molecule has 3 heterocycles. The fraction of sp³-hybridized carbons (Fsp3) is 0.350. The van der Waals surface area contributed by atoms with Gasteiger partial charge in [-0.1, -0.05) is 29.3 Å². The number of thiazole rings is 1. The van der Waals surface area contributed by atoms with Gasteiger partial charge in [-0.3, -0.25) is 9.89 Å². The normalized spacial score (nSPS) is 20.0. The average Bonchev–Trinajstić information content (AvgIpc) is 3.28. The van der Waals surface area contributed by atoms with Gasteiger partial charge in [0.15, 0.2) is 10.8 Å². The summed E-state index contributed by atoms with van der Waals surface area (Å²) >= 11 is 14.1. The molecule has 0 aliphatic carbocycles. The van der Waals surface area contributed by atoms with Crippen LogP contribution in [-0.4, -0.2) is 61.6 Å². The third-order valence-electron chi connectivity index (χ3n) is 4.91. The summed E-state index contributed by atoms with van der Waals surface area (Å²) in [6.07, 6.45) is 1.72. The van der Waals surface area contributed by atoms with E-state index < -0.39 is 12.0 Å². The van der Waals surface area contributed by atoms with Crippen molar-refractivity contribution in [2.45, 2.75) is 6.04 Å². The van der Waals surface area contributed by atoms with E-state index in [0.29, 0.717) is 46.8 Å². The highest BCUT2D eigenvalue weighted by molar-refractivity contribution is 7.11. The van der Waals surface area contributed by atoms with E-state index in [9.17, 15) is 4.79 Å². The molecule has 2 aliphatic rings. The highest BCUT2D eigenvalue weighted by atomic mass is 35.5. The second-order valence-electron chi connectivity index (χ2n) is 6.78. The number of aromatic nitrogens is 1. The molecule has 1 saturated heterocycles. The van der Waals surface area contributed by atoms with E-state index in [1.165, 1.54) is 18.4 Å². The molecule has 0 bridgehead atoms. The lowest BCUT2D eigenvalue weighted by atomic mass is 9.95. The minimum Gasteiger partial charge on any atom is -0.466 e. The molecule has 1 atom stereocenters. The van der Waals surface area contributed by atoms with E-state index in [1.54, 1.807) is 24.4 Å². The Balaban J connectivity index is 1.81. The van der Waals surface area contributed by atoms with Crippen LogP contribution in [0.2, 0.25) is 10.0 Å². The summed E-state index contributed by atoms with van der Waals surface area (Å²) in [6.45, 7) is 3.38. The zero-order chi connectivity index (χ0) is 21.1. The van der Waals surface area contributed by atoms with Crippen LogP contribution in [0.5, 0.6) is 0 Å². The van der Waals surface area contributed by atoms with E-state index in [2.05, 4.69) is 15.2 Å². The van der Waals surface area contributed by atoms with Crippen molar-refractivity contribution in [1.29, 1.82) is 0 Å². The van der Waals surface area contributed by atoms with E-state index in [1.807, 2.05) is 5.38 Å². The maximum absolute atomic E-state index is 12.9. The fourth-order valence-corrected chi connectivity index (χ4v) is 4.55. The monoisotopic (exact) mass is 466 g/mol. The molecule has 1 N–H and O–H groups in total. The number of carbonyl (C=O) groups excluding carboxylic acids is 1. The van der Waals surface area contributed by atoms with Crippen molar-refractivity contribution in [2.24, 2.45) is 4.99 Å². The van der Waals surface area contributed by atoms with E-state index in [4.69, 9.17) is 37.7 Å². The van der Waals surface area contributed by atoms with Gasteiger partial charge in [-0.2, -0.15) is 0 Å². The topological polar surface area (TPSA) is 76.0 Å². The minimum atomic E-state index is -0.640. The molecule has 0 radical (unpaired) electrons. The zero-order valence-electron chi connectivity index (χ0n) is 16.2. The average molecular weight is 467 g/mol. The van der Waals surface area contributed by atoms with Gasteiger partial charge in [-0.25, -0.2) is 9.78 Å². The Kier molecular flexibility index (Phi) is 6.70. The summed E-state index contributed by atoms with van der Waals surface area (Å²) in [6, 6.07) is 4.53. The van der Waals surface area contributed by atoms with E-state index in [-0.39, 0.29) is 0 Å². The Labute approximate surface area is 188 Å². The van der Waals surface area contributed by atoms with Crippen molar-refractivity contribution in [3.8, 4) is 0 Å². The summed E-state index contributed by atoms with van der Waals surface area (Å²) in [5.74, 6) is 0.139. The Bertz CT molecular complexity index is 988. The van der Waals surface area contributed by atoms with Crippen LogP contribution in [0.4, 0.5) is 0 Å². The summed E-state index contributed by atoms with van der Waals surface area (Å²) in [4.78, 5) is 24.3. The first kappa shape index (κ1) is 21.3. The number of ether oxygens (including phenoxy) is 2. The molecule has 1 aromatic heterocycles. The van der Waals surface area contributed by atoms with Crippen molar-refractivity contribution >= 4 is 46.3 Å². The van der Waals surface area contributed by atoms with Gasteiger partial charge in [-0.15, -0.1) is 11.3 Å². The molecule has 7 nitrogen and oxygen atoms in total. The first-order chi connectivity index (χ1) is 14.6. The Morgan fingerprint density at radius 3 is 2.83 bits per heavy atom. The number of hydrogen-bond donors (Lipinski definition) is 1. The molecule has 2 aliphatic heterocycles. The molecule has 0 amide bonds. The third-order valence-corrected chi connectivity index (χ3v) is 6.25. The lowest BCUT2D eigenvalue weighted by Crippen LogP contribution is -2.43. The lowest BCUT2D eigenvalue weighted by Gasteiger charge is -2.32. The summed E-state index contributed by atoms with van der Waals surface area (Å²) in [7, 11) is 1.36. The fourth-order valence-electron chi connectivity index (χ4n) is 3.45. The number of methoxy groups -OCH3 is 1. The molecule has 30 heavy (non-hydrogen) atoms. The van der Waals surface area contributed by atoms with Crippen LogP contribution in [0.1, 0.15) is 16.6 Å². The molecular formula is C20H20Cl2N4O3S. The first-order valence-corrected chi connectivity index (χ1v) is 11.0. The molecule has 0 unspecified atom stereocenters. The second-order valence-corrected chi connectivity index (χ2v) is 8.52. The number of morpholine rings is 1. The third kappa shape index (κ3) is 4.53. The van der Waals surface area contributed by atoms with E-state index in [0.717, 1.165) is 23.8 Å². The molecule has 1 aromatic carbocycles. The smallest absolute Gasteiger partial charge is 0.338 e. The SMILES string of the molecule is COC(=O)C1=C(CN2CCOCC2)NC(c2nccs2)=N[C@@H]1c1ccc(Cl)cc1Cl. The highest BCUT2D eigenvalue weighted by Gasteiger charge is 2.34. The van der Waals surface area contributed by atoms with Crippen LogP contribution in [-0.2, 0) is 14.3 Å². The molecule has 10 heteroatoms. The van der Waals surface area contributed by atoms with Gasteiger partial charge in [0.2, 0.25) is 0 Å². The summed E-state index contributed by atoms with van der Waals surface area (Å²) < 4.78 is 10.6. The number of hydrogen-bond acceptors (Lipinski definition) is 8. The van der Waals surface area contributed by atoms with Crippen LogP contribution in [0.15, 0.2) is 46.0 Å². The molecule has 158 valence electrons. The van der Waals surface area contributed by atoms with Crippen molar-refractivity contribution in [3.05, 3.63) is 61.7 Å². The van der Waals surface area contributed by atoms with Gasteiger partial charge < -0.3 is 14.8 Å². The van der Waals surface area contributed by atoms with Gasteiger partial charge >= 0.3 is 5.97 Å². The van der Waals surface area contributed by atoms with Gasteiger partial charge in [0.05, 0.1) is 25.9 Å². The minimum absolute atomic E-state index is 0.425. The van der Waals surface area contributed by atoms with Crippen LogP contribution in [0, 0.1) is 0 Å². The number of carbonyl (C=O) groups is 1. The number of halogens is 2. The zero-order valence-corrected chi connectivity index (χ0v) is 18.6. The molecule has 2 aromatic rings. The number of amidine groups is 1. The predicted molar refractivity (Wildman–Crippen MR) is 117 cm³/mol. The number of esters is 1. The Hall–Kier alpha value is -1.97. The lowest BCUT2D eigenvalue weighted by molar-refractivity contribution is -0.136. The van der Waals surface area contributed by atoms with Crippen LogP contribution in [0.25, 0.3) is 0 Å². The highest BCUT2D eigenvalue weighted by Crippen LogP contribution is 2.37. The summed E-state index contributed by atoms with van der Waals surface area (Å²) in [5.41, 5.74) is 1.82. The maximum atomic E-state index is 12.9. The quantitative estimate of drug-likeness (QED) is 0.681. The Morgan fingerprint density at radius 2 is 2.17 bits per heavy atom. The largest absolute Gasteiger partial charge is 0.466 e. The predicted octanol–water partition coefficient (Wildman–Crippen LogP) is 3.30. The number of aliphatic imine (C=N–C) groups is 1. The molecular weight excluding hydrogens is 447 g/mol. The molecule has 0 saturated carbocycles. The van der Waals surface area contributed by atoms with Crippen LogP contribution < -0.4 is 5.32 Å². The molecule has 0 spiro atoms. The van der Waals surface area contributed by atoms with Crippen molar-refractivity contribution in [1.82, 2.24) is 15.2 Å². The van der Waals surface area contributed by atoms with Crippen molar-refractivity contribution in [3.63, 3.8) is 0 Å². The van der Waals surface area contributed by atoms with Gasteiger partial charge in [0, 0.05) is 52.5 Å². The number of nitrogens with zero attached hydrogens (tertiary/aromatic N) is 3. The molecule has 4 rings (SSSR count). The van der Waals surface area contributed by atoms with Crippen LogP contribution in [0.3, 0.4) is 0 Å².